The van der Waals surface area contributed by atoms with Crippen molar-refractivity contribution in [1.82, 2.24) is 30.2 Å². The maximum Gasteiger partial charge on any atom is 0.246 e. The van der Waals surface area contributed by atoms with Crippen LogP contribution in [0.15, 0.2) is 36.5 Å². The lowest BCUT2D eigenvalue weighted by Crippen LogP contribution is -2.60. The van der Waals surface area contributed by atoms with Crippen molar-refractivity contribution in [1.29, 1.82) is 0 Å². The molecular weight excluding hydrogens is 495 g/mol. The fourth-order valence-electron chi connectivity index (χ4n) is 6.45. The summed E-state index contributed by atoms with van der Waals surface area (Å²) in [5.74, 6) is -0.206. The number of carbonyl (C=O) groups is 2. The maximum absolute atomic E-state index is 14.3. The average Bonchev–Trinajstić information content (AvgIpc) is 3.62. The van der Waals surface area contributed by atoms with E-state index in [-0.39, 0.29) is 36.1 Å². The molecule has 1 aromatic carbocycles. The second-order valence-electron chi connectivity index (χ2n) is 10.8. The summed E-state index contributed by atoms with van der Waals surface area (Å²) in [5, 5.41) is 10.6. The van der Waals surface area contributed by atoms with Crippen LogP contribution in [0.4, 0.5) is 4.39 Å². The van der Waals surface area contributed by atoms with Crippen LogP contribution < -0.4 is 10.6 Å². The van der Waals surface area contributed by atoms with Crippen molar-refractivity contribution in [3.8, 4) is 0 Å². The van der Waals surface area contributed by atoms with E-state index in [1.807, 2.05) is 29.5 Å². The summed E-state index contributed by atoms with van der Waals surface area (Å²) < 4.78 is 15.4. The van der Waals surface area contributed by atoms with Crippen molar-refractivity contribution in [3.63, 3.8) is 0 Å². The number of halogens is 1. The summed E-state index contributed by atoms with van der Waals surface area (Å²) >= 11 is 0. The minimum Gasteiger partial charge on any atom is -0.343 e. The molecular formula is C30H45FN6O2. The number of carbonyl (C=O) groups excluding carboxylic acids is 2. The molecule has 0 radical (unpaired) electrons. The number of hydrogen-bond acceptors (Lipinski definition) is 5. The molecule has 9 heteroatoms. The predicted octanol–water partition coefficient (Wildman–Crippen LogP) is 3.73. The number of fused-ring (bicyclic) bond motifs is 1. The highest BCUT2D eigenvalue weighted by Gasteiger charge is 2.44. The second kappa shape index (κ2) is 14.0. The number of aromatic nitrogens is 2. The van der Waals surface area contributed by atoms with Crippen molar-refractivity contribution in [2.75, 3.05) is 33.2 Å². The highest BCUT2D eigenvalue weighted by atomic mass is 19.1. The minimum absolute atomic E-state index is 0.0300. The van der Waals surface area contributed by atoms with Crippen molar-refractivity contribution in [2.45, 2.75) is 83.5 Å². The van der Waals surface area contributed by atoms with Crippen LogP contribution in [0.1, 0.15) is 76.1 Å². The Balaban J connectivity index is 0.00000172. The van der Waals surface area contributed by atoms with Gasteiger partial charge in [-0.25, -0.2) is 4.39 Å². The van der Waals surface area contributed by atoms with Gasteiger partial charge in [-0.1, -0.05) is 45.2 Å². The summed E-state index contributed by atoms with van der Waals surface area (Å²) in [6, 6.07) is 8.17. The van der Waals surface area contributed by atoms with E-state index in [0.717, 1.165) is 62.9 Å². The van der Waals surface area contributed by atoms with E-state index >= 15 is 0 Å². The standard InChI is InChI=1S/C28H39FN6O2.C2H6/c1-30-16-26(36)32-27(21-6-3-2-4-7-21)28(37)34-18-23-8-5-15-33(23)19-25(34)24-13-14-31-35(24)17-20-9-11-22(29)12-10-20;1-2/h9-14,21,23,25,27,30H,2-8,15-19H2,1H3,(H,32,36);1-2H3. The Kier molecular flexibility index (Phi) is 10.5. The lowest BCUT2D eigenvalue weighted by Gasteiger charge is -2.46. The van der Waals surface area contributed by atoms with Crippen molar-refractivity contribution < 1.29 is 14.0 Å². The first-order valence-electron chi connectivity index (χ1n) is 14.8. The summed E-state index contributed by atoms with van der Waals surface area (Å²) in [6.07, 6.45) is 9.32. The third-order valence-electron chi connectivity index (χ3n) is 8.35. The van der Waals surface area contributed by atoms with Gasteiger partial charge in [-0.3, -0.25) is 19.2 Å². The van der Waals surface area contributed by atoms with Gasteiger partial charge in [0, 0.05) is 25.3 Å². The lowest BCUT2D eigenvalue weighted by atomic mass is 9.82. The molecule has 1 aliphatic carbocycles. The molecule has 2 aliphatic heterocycles. The first-order valence-corrected chi connectivity index (χ1v) is 14.8. The summed E-state index contributed by atoms with van der Waals surface area (Å²) in [6.45, 7) is 7.17. The molecule has 214 valence electrons. The van der Waals surface area contributed by atoms with Crippen molar-refractivity contribution in [3.05, 3.63) is 53.6 Å². The number of rotatable bonds is 8. The molecule has 3 heterocycles. The van der Waals surface area contributed by atoms with Gasteiger partial charge in [0.15, 0.2) is 0 Å². The van der Waals surface area contributed by atoms with Crippen LogP contribution in [-0.4, -0.2) is 76.7 Å². The number of amides is 2. The fourth-order valence-corrected chi connectivity index (χ4v) is 6.45. The Hall–Kier alpha value is -2.78. The van der Waals surface area contributed by atoms with Gasteiger partial charge in [0.2, 0.25) is 11.8 Å². The van der Waals surface area contributed by atoms with E-state index in [4.69, 9.17) is 0 Å². The Morgan fingerprint density at radius 1 is 1.03 bits per heavy atom. The second-order valence-corrected chi connectivity index (χ2v) is 10.8. The van der Waals surface area contributed by atoms with Crippen LogP contribution in [0.3, 0.4) is 0 Å². The molecule has 1 aromatic heterocycles. The monoisotopic (exact) mass is 540 g/mol. The number of piperazine rings is 1. The van der Waals surface area contributed by atoms with Gasteiger partial charge in [-0.05, 0) is 69.0 Å². The predicted molar refractivity (Wildman–Crippen MR) is 151 cm³/mol. The van der Waals surface area contributed by atoms with E-state index < -0.39 is 6.04 Å². The highest BCUT2D eigenvalue weighted by Crippen LogP contribution is 2.35. The van der Waals surface area contributed by atoms with Crippen molar-refractivity contribution in [2.24, 2.45) is 5.92 Å². The molecule has 2 amide bonds. The topological polar surface area (TPSA) is 82.5 Å². The highest BCUT2D eigenvalue weighted by molar-refractivity contribution is 5.89. The number of hydrogen-bond donors (Lipinski definition) is 2. The molecule has 3 atom stereocenters. The summed E-state index contributed by atoms with van der Waals surface area (Å²) in [7, 11) is 1.74. The Morgan fingerprint density at radius 3 is 2.49 bits per heavy atom. The van der Waals surface area contributed by atoms with Gasteiger partial charge in [0.05, 0.1) is 24.8 Å². The summed E-state index contributed by atoms with van der Waals surface area (Å²) in [5.41, 5.74) is 1.94. The van der Waals surface area contributed by atoms with E-state index in [1.54, 1.807) is 25.4 Å². The molecule has 0 spiro atoms. The van der Waals surface area contributed by atoms with Crippen LogP contribution in [0.25, 0.3) is 0 Å². The zero-order chi connectivity index (χ0) is 27.8. The first-order chi connectivity index (χ1) is 19.0. The number of nitrogens with zero attached hydrogens (tertiary/aromatic N) is 4. The fraction of sp³-hybridized carbons (Fsp3) is 0.633. The van der Waals surface area contributed by atoms with Crippen LogP contribution in [-0.2, 0) is 16.1 Å². The van der Waals surface area contributed by atoms with E-state index in [2.05, 4.69) is 20.6 Å². The van der Waals surface area contributed by atoms with Crippen LogP contribution in [0.5, 0.6) is 0 Å². The third kappa shape index (κ3) is 7.06. The molecule has 2 N–H and O–H groups in total. The Bertz CT molecular complexity index is 1070. The van der Waals surface area contributed by atoms with Crippen molar-refractivity contribution >= 4 is 11.8 Å². The van der Waals surface area contributed by atoms with Crippen LogP contribution in [0, 0.1) is 11.7 Å². The van der Waals surface area contributed by atoms with Crippen LogP contribution >= 0.6 is 0 Å². The minimum atomic E-state index is -0.509. The van der Waals surface area contributed by atoms with Gasteiger partial charge in [-0.15, -0.1) is 0 Å². The van der Waals surface area contributed by atoms with Gasteiger partial charge in [0.25, 0.3) is 0 Å². The molecule has 5 rings (SSSR count). The van der Waals surface area contributed by atoms with E-state index in [0.29, 0.717) is 19.1 Å². The van der Waals surface area contributed by atoms with E-state index in [1.165, 1.54) is 18.6 Å². The molecule has 3 aliphatic rings. The molecule has 1 saturated carbocycles. The maximum atomic E-state index is 14.3. The number of benzene rings is 1. The summed E-state index contributed by atoms with van der Waals surface area (Å²) in [4.78, 5) is 31.5. The Labute approximate surface area is 232 Å². The first kappa shape index (κ1) is 29.2. The quantitative estimate of drug-likeness (QED) is 0.533. The van der Waals surface area contributed by atoms with Crippen LogP contribution in [0.2, 0.25) is 0 Å². The molecule has 2 saturated heterocycles. The van der Waals surface area contributed by atoms with Gasteiger partial charge < -0.3 is 15.5 Å². The molecule has 39 heavy (non-hydrogen) atoms. The molecule has 3 unspecified atom stereocenters. The third-order valence-corrected chi connectivity index (χ3v) is 8.35. The normalized spacial score (nSPS) is 22.5. The van der Waals surface area contributed by atoms with Gasteiger partial charge in [-0.2, -0.15) is 5.10 Å². The number of nitrogens with one attached hydrogen (secondary N) is 2. The zero-order valence-corrected chi connectivity index (χ0v) is 23.7. The molecule has 3 fully saturated rings. The van der Waals surface area contributed by atoms with Gasteiger partial charge >= 0.3 is 0 Å². The lowest BCUT2D eigenvalue weighted by molar-refractivity contribution is -0.144. The SMILES string of the molecule is CC.CNCC(=O)NC(C(=O)N1CC2CCCN2CC1c1ccnn1Cc1ccc(F)cc1)C1CCCCC1. The number of likely N-dealkylation sites (N-methyl/N-ethyl adjacent to an activating group) is 1. The smallest absolute Gasteiger partial charge is 0.246 e. The molecule has 0 bridgehead atoms. The van der Waals surface area contributed by atoms with Gasteiger partial charge in [0.1, 0.15) is 11.9 Å². The van der Waals surface area contributed by atoms with E-state index in [9.17, 15) is 14.0 Å². The molecule has 8 nitrogen and oxygen atoms in total. The molecule has 2 aromatic rings. The largest absolute Gasteiger partial charge is 0.343 e. The zero-order valence-electron chi connectivity index (χ0n) is 23.7. The Morgan fingerprint density at radius 2 is 1.77 bits per heavy atom. The average molecular weight is 541 g/mol.